The van der Waals surface area contributed by atoms with Crippen LogP contribution in [0.1, 0.15) is 22.3 Å². The Morgan fingerprint density at radius 2 is 2.28 bits per heavy atom. The summed E-state index contributed by atoms with van der Waals surface area (Å²) >= 11 is 0. The summed E-state index contributed by atoms with van der Waals surface area (Å²) in [6, 6.07) is 4.77. The number of aryl methyl sites for hydroxylation is 1. The molecule has 4 nitrogen and oxygen atoms in total. The Bertz CT molecular complexity index is 416. The summed E-state index contributed by atoms with van der Waals surface area (Å²) in [6.45, 7) is 6.92. The van der Waals surface area contributed by atoms with Crippen LogP contribution in [0, 0.1) is 6.92 Å². The lowest BCUT2D eigenvalue weighted by molar-refractivity contribution is 0.0918. The van der Waals surface area contributed by atoms with Crippen LogP contribution in [0.4, 0.5) is 0 Å². The minimum Gasteiger partial charge on any atom is -0.508 e. The molecule has 0 bridgehead atoms. The third kappa shape index (κ3) is 4.59. The van der Waals surface area contributed by atoms with Gasteiger partial charge in [0, 0.05) is 12.1 Å². The van der Waals surface area contributed by atoms with E-state index in [-0.39, 0.29) is 11.7 Å². The van der Waals surface area contributed by atoms with Crippen molar-refractivity contribution >= 4 is 5.91 Å². The fraction of sp³-hybridized carbons (Fsp3) is 0.357. The van der Waals surface area contributed by atoms with Crippen molar-refractivity contribution in [3.63, 3.8) is 0 Å². The van der Waals surface area contributed by atoms with Gasteiger partial charge in [0.2, 0.25) is 0 Å². The Morgan fingerprint density at radius 3 is 2.94 bits per heavy atom. The molecule has 4 heteroatoms. The molecule has 98 valence electrons. The number of phenolic OH excluding ortho intramolecular Hbond substituents is 1. The van der Waals surface area contributed by atoms with Gasteiger partial charge in [0.25, 0.3) is 5.91 Å². The first-order chi connectivity index (χ1) is 8.65. The monoisotopic (exact) mass is 249 g/mol. The second-order valence-corrected chi connectivity index (χ2v) is 3.95. The van der Waals surface area contributed by atoms with Gasteiger partial charge in [-0.05, 0) is 37.1 Å². The third-order valence-corrected chi connectivity index (χ3v) is 2.46. The molecule has 1 aromatic carbocycles. The van der Waals surface area contributed by atoms with Gasteiger partial charge >= 0.3 is 0 Å². The van der Waals surface area contributed by atoms with E-state index in [9.17, 15) is 9.90 Å². The zero-order chi connectivity index (χ0) is 13.4. The SMILES string of the molecule is C=CCCOCCNC(=O)c1ccc(O)c(C)c1. The van der Waals surface area contributed by atoms with Crippen molar-refractivity contribution in [1.29, 1.82) is 0 Å². The highest BCUT2D eigenvalue weighted by molar-refractivity contribution is 5.94. The molecule has 0 aliphatic rings. The molecule has 0 aliphatic carbocycles. The van der Waals surface area contributed by atoms with E-state index in [1.165, 1.54) is 6.07 Å². The molecule has 1 rings (SSSR count). The van der Waals surface area contributed by atoms with Crippen LogP contribution in [0.2, 0.25) is 0 Å². The summed E-state index contributed by atoms with van der Waals surface area (Å²) in [4.78, 5) is 11.7. The molecular formula is C14H19NO3. The maximum atomic E-state index is 11.7. The van der Waals surface area contributed by atoms with Crippen LogP contribution in [0.25, 0.3) is 0 Å². The number of carbonyl (C=O) groups is 1. The number of nitrogens with one attached hydrogen (secondary N) is 1. The Kier molecular flexibility index (Phi) is 5.94. The smallest absolute Gasteiger partial charge is 0.251 e. The second-order valence-electron chi connectivity index (χ2n) is 3.95. The van der Waals surface area contributed by atoms with Crippen molar-refractivity contribution < 1.29 is 14.6 Å². The van der Waals surface area contributed by atoms with Gasteiger partial charge in [-0.2, -0.15) is 0 Å². The lowest BCUT2D eigenvalue weighted by atomic mass is 10.1. The van der Waals surface area contributed by atoms with Crippen LogP contribution in [0.3, 0.4) is 0 Å². The molecule has 0 spiro atoms. The number of amides is 1. The molecule has 0 saturated carbocycles. The topological polar surface area (TPSA) is 58.6 Å². The van der Waals surface area contributed by atoms with E-state index in [1.54, 1.807) is 25.1 Å². The molecule has 0 atom stereocenters. The maximum absolute atomic E-state index is 11.7. The molecule has 0 aromatic heterocycles. The van der Waals surface area contributed by atoms with E-state index < -0.39 is 0 Å². The Morgan fingerprint density at radius 1 is 1.50 bits per heavy atom. The standard InChI is InChI=1S/C14H19NO3/c1-3-4-8-18-9-7-15-14(17)12-5-6-13(16)11(2)10-12/h3,5-6,10,16H,1,4,7-9H2,2H3,(H,15,17). The number of hydrogen-bond donors (Lipinski definition) is 2. The first kappa shape index (κ1) is 14.3. The molecule has 0 saturated heterocycles. The normalized spacial score (nSPS) is 10.1. The Labute approximate surface area is 107 Å². The lowest BCUT2D eigenvalue weighted by Gasteiger charge is -2.07. The van der Waals surface area contributed by atoms with Gasteiger partial charge in [0.15, 0.2) is 0 Å². The van der Waals surface area contributed by atoms with Gasteiger partial charge in [-0.3, -0.25) is 4.79 Å². The minimum atomic E-state index is -0.162. The molecule has 1 aromatic rings. The van der Waals surface area contributed by atoms with Gasteiger partial charge in [-0.15, -0.1) is 6.58 Å². The number of rotatable bonds is 7. The predicted octanol–water partition coefficient (Wildman–Crippen LogP) is 2.02. The van der Waals surface area contributed by atoms with Crippen LogP contribution >= 0.6 is 0 Å². The van der Waals surface area contributed by atoms with Crippen molar-refractivity contribution in [3.05, 3.63) is 42.0 Å². The van der Waals surface area contributed by atoms with E-state index in [4.69, 9.17) is 4.74 Å². The second kappa shape index (κ2) is 7.50. The third-order valence-electron chi connectivity index (χ3n) is 2.46. The van der Waals surface area contributed by atoms with Crippen molar-refractivity contribution in [3.8, 4) is 5.75 Å². The summed E-state index contributed by atoms with van der Waals surface area (Å²) < 4.78 is 5.28. The zero-order valence-electron chi connectivity index (χ0n) is 10.6. The molecule has 1 amide bonds. The van der Waals surface area contributed by atoms with Crippen molar-refractivity contribution in [2.24, 2.45) is 0 Å². The molecular weight excluding hydrogens is 230 g/mol. The number of ether oxygens (including phenoxy) is 1. The van der Waals surface area contributed by atoms with E-state index in [0.29, 0.717) is 30.9 Å². The fourth-order valence-corrected chi connectivity index (χ4v) is 1.40. The van der Waals surface area contributed by atoms with Crippen LogP contribution < -0.4 is 5.32 Å². The molecule has 0 aliphatic heterocycles. The van der Waals surface area contributed by atoms with E-state index in [0.717, 1.165) is 6.42 Å². The maximum Gasteiger partial charge on any atom is 0.251 e. The fourth-order valence-electron chi connectivity index (χ4n) is 1.40. The first-order valence-electron chi connectivity index (χ1n) is 5.91. The van der Waals surface area contributed by atoms with E-state index in [2.05, 4.69) is 11.9 Å². The molecule has 0 unspecified atom stereocenters. The zero-order valence-corrected chi connectivity index (χ0v) is 10.6. The number of benzene rings is 1. The molecule has 18 heavy (non-hydrogen) atoms. The molecule has 0 radical (unpaired) electrons. The Balaban J connectivity index is 2.32. The summed E-state index contributed by atoms with van der Waals surface area (Å²) in [5.74, 6) is 0.0322. The summed E-state index contributed by atoms with van der Waals surface area (Å²) in [6.07, 6.45) is 2.60. The summed E-state index contributed by atoms with van der Waals surface area (Å²) in [5, 5.41) is 12.1. The summed E-state index contributed by atoms with van der Waals surface area (Å²) in [5.41, 5.74) is 1.22. The predicted molar refractivity (Wildman–Crippen MR) is 70.8 cm³/mol. The van der Waals surface area contributed by atoms with Crippen LogP contribution in [0.5, 0.6) is 5.75 Å². The highest BCUT2D eigenvalue weighted by atomic mass is 16.5. The van der Waals surface area contributed by atoms with Gasteiger partial charge in [-0.25, -0.2) is 0 Å². The van der Waals surface area contributed by atoms with Crippen LogP contribution in [-0.2, 0) is 4.74 Å². The first-order valence-corrected chi connectivity index (χ1v) is 5.91. The highest BCUT2D eigenvalue weighted by Crippen LogP contribution is 2.16. The Hall–Kier alpha value is -1.81. The highest BCUT2D eigenvalue weighted by Gasteiger charge is 2.06. The van der Waals surface area contributed by atoms with Crippen LogP contribution in [0.15, 0.2) is 30.9 Å². The average molecular weight is 249 g/mol. The number of aromatic hydroxyl groups is 1. The largest absolute Gasteiger partial charge is 0.508 e. The quantitative estimate of drug-likeness (QED) is 0.574. The lowest BCUT2D eigenvalue weighted by Crippen LogP contribution is -2.27. The molecule has 2 N–H and O–H groups in total. The van der Waals surface area contributed by atoms with Crippen molar-refractivity contribution in [2.45, 2.75) is 13.3 Å². The van der Waals surface area contributed by atoms with Gasteiger partial charge in [0.1, 0.15) is 5.75 Å². The number of hydrogen-bond acceptors (Lipinski definition) is 3. The van der Waals surface area contributed by atoms with Gasteiger partial charge in [0.05, 0.1) is 13.2 Å². The summed E-state index contributed by atoms with van der Waals surface area (Å²) in [7, 11) is 0. The molecule has 0 fully saturated rings. The number of carbonyl (C=O) groups excluding carboxylic acids is 1. The molecule has 0 heterocycles. The van der Waals surface area contributed by atoms with Crippen molar-refractivity contribution in [1.82, 2.24) is 5.32 Å². The van der Waals surface area contributed by atoms with Gasteiger partial charge < -0.3 is 15.2 Å². The number of phenols is 1. The minimum absolute atomic E-state index is 0.162. The van der Waals surface area contributed by atoms with Gasteiger partial charge in [-0.1, -0.05) is 6.08 Å². The van der Waals surface area contributed by atoms with E-state index in [1.807, 2.05) is 0 Å². The van der Waals surface area contributed by atoms with Crippen molar-refractivity contribution in [2.75, 3.05) is 19.8 Å². The van der Waals surface area contributed by atoms with Crippen LogP contribution in [-0.4, -0.2) is 30.8 Å². The average Bonchev–Trinajstić information content (AvgIpc) is 2.36. The van der Waals surface area contributed by atoms with E-state index >= 15 is 0 Å².